The summed E-state index contributed by atoms with van der Waals surface area (Å²) in [6.45, 7) is 4.09. The van der Waals surface area contributed by atoms with Crippen LogP contribution in [-0.4, -0.2) is 36.1 Å². The van der Waals surface area contributed by atoms with Crippen LogP contribution in [0, 0.1) is 13.8 Å². The third-order valence-corrected chi connectivity index (χ3v) is 3.14. The van der Waals surface area contributed by atoms with Crippen molar-refractivity contribution in [1.82, 2.24) is 5.32 Å². The topological polar surface area (TPSA) is 69.6 Å². The predicted octanol–water partition coefficient (Wildman–Crippen LogP) is 0.693. The van der Waals surface area contributed by atoms with Gasteiger partial charge in [-0.25, -0.2) is 4.79 Å². The second-order valence-electron chi connectivity index (χ2n) is 4.58. The summed E-state index contributed by atoms with van der Waals surface area (Å²) in [4.78, 5) is 24.4. The first-order valence-corrected chi connectivity index (χ1v) is 5.82. The van der Waals surface area contributed by atoms with Crippen molar-refractivity contribution in [1.29, 1.82) is 0 Å². The first-order chi connectivity index (χ1) is 8.49. The third kappa shape index (κ3) is 2.30. The number of carbonyl (C=O) groups is 2. The molecule has 2 N–H and O–H groups in total. The lowest BCUT2D eigenvalue weighted by Gasteiger charge is -2.35. The molecule has 2 rings (SSSR count). The van der Waals surface area contributed by atoms with Crippen LogP contribution in [0.15, 0.2) is 18.2 Å². The molecule has 1 unspecified atom stereocenters. The van der Waals surface area contributed by atoms with Gasteiger partial charge in [-0.15, -0.1) is 0 Å². The normalized spacial score (nSPS) is 19.6. The summed E-state index contributed by atoms with van der Waals surface area (Å²) in [6.07, 6.45) is 0. The number of benzene rings is 1. The van der Waals surface area contributed by atoms with Gasteiger partial charge in [-0.1, -0.05) is 12.1 Å². The van der Waals surface area contributed by atoms with E-state index in [9.17, 15) is 14.7 Å². The highest BCUT2D eigenvalue weighted by Gasteiger charge is 2.32. The lowest BCUT2D eigenvalue weighted by molar-refractivity contribution is -0.139. The molecule has 5 heteroatoms. The van der Waals surface area contributed by atoms with Crippen molar-refractivity contribution in [3.8, 4) is 0 Å². The minimum Gasteiger partial charge on any atom is -0.480 e. The zero-order valence-electron chi connectivity index (χ0n) is 10.4. The molecule has 0 radical (unpaired) electrons. The summed E-state index contributed by atoms with van der Waals surface area (Å²) in [7, 11) is 0. The summed E-state index contributed by atoms with van der Waals surface area (Å²) in [5, 5.41) is 11.8. The lowest BCUT2D eigenvalue weighted by Crippen LogP contribution is -2.57. The molecule has 1 heterocycles. The molecule has 1 saturated heterocycles. The van der Waals surface area contributed by atoms with E-state index < -0.39 is 12.0 Å². The maximum Gasteiger partial charge on any atom is 0.328 e. The average Bonchev–Trinajstić information content (AvgIpc) is 2.31. The molecule has 1 aromatic rings. The number of hydrogen-bond acceptors (Lipinski definition) is 3. The van der Waals surface area contributed by atoms with Crippen LogP contribution in [0.5, 0.6) is 0 Å². The van der Waals surface area contributed by atoms with Gasteiger partial charge in [-0.05, 0) is 31.0 Å². The van der Waals surface area contributed by atoms with E-state index in [2.05, 4.69) is 5.32 Å². The van der Waals surface area contributed by atoms with Gasteiger partial charge < -0.3 is 15.3 Å². The van der Waals surface area contributed by atoms with Crippen LogP contribution in [-0.2, 0) is 9.59 Å². The number of anilines is 1. The standard InChI is InChI=1S/C13H16N2O3/c1-8-3-4-9(2)10(5-8)15-7-12(16)14-6-11(15)13(17)18/h3-5,11H,6-7H2,1-2H3,(H,14,16)(H,17,18). The van der Waals surface area contributed by atoms with Crippen molar-refractivity contribution >= 4 is 17.6 Å². The average molecular weight is 248 g/mol. The molecule has 0 saturated carbocycles. The molecule has 0 aromatic heterocycles. The SMILES string of the molecule is Cc1ccc(C)c(N2CC(=O)NCC2C(=O)O)c1. The molecule has 1 fully saturated rings. The minimum atomic E-state index is -0.920. The Morgan fingerprint density at radius 2 is 2.17 bits per heavy atom. The van der Waals surface area contributed by atoms with Gasteiger partial charge in [0.1, 0.15) is 6.04 Å². The number of nitrogens with zero attached hydrogens (tertiary/aromatic N) is 1. The Morgan fingerprint density at radius 1 is 1.44 bits per heavy atom. The maximum absolute atomic E-state index is 11.5. The number of hydrogen-bond donors (Lipinski definition) is 2. The van der Waals surface area contributed by atoms with E-state index in [1.807, 2.05) is 32.0 Å². The van der Waals surface area contributed by atoms with E-state index >= 15 is 0 Å². The van der Waals surface area contributed by atoms with E-state index in [0.29, 0.717) is 0 Å². The largest absolute Gasteiger partial charge is 0.480 e. The molecular weight excluding hydrogens is 232 g/mol. The summed E-state index contributed by atoms with van der Waals surface area (Å²) in [5.74, 6) is -1.07. The fourth-order valence-electron chi connectivity index (χ4n) is 2.14. The Bertz CT molecular complexity index is 499. The molecular formula is C13H16N2O3. The molecule has 0 aliphatic carbocycles. The van der Waals surface area contributed by atoms with Crippen LogP contribution in [0.1, 0.15) is 11.1 Å². The fourth-order valence-corrected chi connectivity index (χ4v) is 2.14. The second-order valence-corrected chi connectivity index (χ2v) is 4.58. The number of aliphatic carboxylic acids is 1. The highest BCUT2D eigenvalue weighted by Crippen LogP contribution is 2.24. The van der Waals surface area contributed by atoms with Crippen molar-refractivity contribution in [2.45, 2.75) is 19.9 Å². The van der Waals surface area contributed by atoms with Crippen LogP contribution in [0.25, 0.3) is 0 Å². The molecule has 1 aliphatic rings. The Balaban J connectivity index is 2.40. The van der Waals surface area contributed by atoms with Crippen LogP contribution in [0.3, 0.4) is 0 Å². The fraction of sp³-hybridized carbons (Fsp3) is 0.385. The van der Waals surface area contributed by atoms with Crippen molar-refractivity contribution in [3.63, 3.8) is 0 Å². The predicted molar refractivity (Wildman–Crippen MR) is 67.7 cm³/mol. The maximum atomic E-state index is 11.5. The van der Waals surface area contributed by atoms with Gasteiger partial charge in [0.25, 0.3) is 0 Å². The number of carbonyl (C=O) groups excluding carboxylic acids is 1. The van der Waals surface area contributed by atoms with E-state index in [1.165, 1.54) is 0 Å². The quantitative estimate of drug-likeness (QED) is 0.808. The molecule has 5 nitrogen and oxygen atoms in total. The summed E-state index contributed by atoms with van der Waals surface area (Å²) in [6, 6.07) is 5.13. The van der Waals surface area contributed by atoms with Crippen molar-refractivity contribution in [2.24, 2.45) is 0 Å². The van der Waals surface area contributed by atoms with E-state index in [4.69, 9.17) is 0 Å². The Morgan fingerprint density at radius 3 is 2.83 bits per heavy atom. The zero-order chi connectivity index (χ0) is 13.3. The Kier molecular flexibility index (Phi) is 3.23. The Labute approximate surface area is 105 Å². The number of carboxylic acids is 1. The Hall–Kier alpha value is -2.04. The number of piperazine rings is 1. The van der Waals surface area contributed by atoms with Gasteiger partial charge in [0.15, 0.2) is 0 Å². The van der Waals surface area contributed by atoms with Crippen LogP contribution >= 0.6 is 0 Å². The number of nitrogens with one attached hydrogen (secondary N) is 1. The number of aryl methyl sites for hydroxylation is 2. The van der Waals surface area contributed by atoms with Gasteiger partial charge in [0.2, 0.25) is 5.91 Å². The minimum absolute atomic E-state index is 0.0846. The summed E-state index contributed by atoms with van der Waals surface area (Å²) in [5.41, 5.74) is 2.84. The molecule has 1 amide bonds. The molecule has 1 aromatic carbocycles. The number of rotatable bonds is 2. The molecule has 1 atom stereocenters. The van der Waals surface area contributed by atoms with Crippen molar-refractivity contribution < 1.29 is 14.7 Å². The van der Waals surface area contributed by atoms with Gasteiger partial charge in [-0.3, -0.25) is 4.79 Å². The summed E-state index contributed by atoms with van der Waals surface area (Å²) < 4.78 is 0. The third-order valence-electron chi connectivity index (χ3n) is 3.14. The number of carboxylic acid groups (broad SMARTS) is 1. The summed E-state index contributed by atoms with van der Waals surface area (Å²) >= 11 is 0. The molecule has 1 aliphatic heterocycles. The van der Waals surface area contributed by atoms with Crippen LogP contribution in [0.2, 0.25) is 0 Å². The monoisotopic (exact) mass is 248 g/mol. The van der Waals surface area contributed by atoms with E-state index in [0.717, 1.165) is 16.8 Å². The number of amides is 1. The molecule has 96 valence electrons. The van der Waals surface area contributed by atoms with Gasteiger partial charge in [-0.2, -0.15) is 0 Å². The molecule has 18 heavy (non-hydrogen) atoms. The first kappa shape index (κ1) is 12.4. The molecule has 0 spiro atoms. The first-order valence-electron chi connectivity index (χ1n) is 5.82. The van der Waals surface area contributed by atoms with Crippen molar-refractivity contribution in [2.75, 3.05) is 18.0 Å². The smallest absolute Gasteiger partial charge is 0.328 e. The van der Waals surface area contributed by atoms with Gasteiger partial charge in [0, 0.05) is 12.2 Å². The van der Waals surface area contributed by atoms with Crippen LogP contribution < -0.4 is 10.2 Å². The van der Waals surface area contributed by atoms with E-state index in [-0.39, 0.29) is 19.0 Å². The zero-order valence-corrected chi connectivity index (χ0v) is 10.4. The van der Waals surface area contributed by atoms with Crippen LogP contribution in [0.4, 0.5) is 5.69 Å². The van der Waals surface area contributed by atoms with Gasteiger partial charge in [0.05, 0.1) is 6.54 Å². The second kappa shape index (κ2) is 4.68. The highest BCUT2D eigenvalue weighted by atomic mass is 16.4. The molecule has 0 bridgehead atoms. The van der Waals surface area contributed by atoms with Crippen molar-refractivity contribution in [3.05, 3.63) is 29.3 Å². The lowest BCUT2D eigenvalue weighted by atomic mass is 10.1. The highest BCUT2D eigenvalue weighted by molar-refractivity contribution is 5.89. The van der Waals surface area contributed by atoms with Gasteiger partial charge >= 0.3 is 5.97 Å². The van der Waals surface area contributed by atoms with E-state index in [1.54, 1.807) is 4.90 Å².